The second-order valence-electron chi connectivity index (χ2n) is 17.3. The Hall–Kier alpha value is -6.51. The van der Waals surface area contributed by atoms with Crippen LogP contribution in [0.3, 0.4) is 0 Å². The van der Waals surface area contributed by atoms with E-state index in [1.54, 1.807) is 50.4 Å². The summed E-state index contributed by atoms with van der Waals surface area (Å²) in [5.41, 5.74) is 4.30. The molecule has 3 fully saturated rings. The predicted octanol–water partition coefficient (Wildman–Crippen LogP) is 4.59. The summed E-state index contributed by atoms with van der Waals surface area (Å²) in [5.74, 6) is -0.861. The summed E-state index contributed by atoms with van der Waals surface area (Å²) >= 11 is 6.49. The summed E-state index contributed by atoms with van der Waals surface area (Å²) in [5, 5.41) is 12.1. The van der Waals surface area contributed by atoms with Crippen molar-refractivity contribution in [2.75, 3.05) is 91.4 Å². The van der Waals surface area contributed by atoms with E-state index < -0.39 is 45.7 Å². The first kappa shape index (κ1) is 47.0. The van der Waals surface area contributed by atoms with Gasteiger partial charge in [-0.25, -0.2) is 13.4 Å². The van der Waals surface area contributed by atoms with Gasteiger partial charge in [0.1, 0.15) is 22.9 Å². The van der Waals surface area contributed by atoms with Gasteiger partial charge in [0.25, 0.3) is 11.8 Å². The van der Waals surface area contributed by atoms with Gasteiger partial charge in [-0.1, -0.05) is 29.8 Å². The van der Waals surface area contributed by atoms with E-state index in [4.69, 9.17) is 16.3 Å². The summed E-state index contributed by atoms with van der Waals surface area (Å²) in [4.78, 5) is 81.4. The van der Waals surface area contributed by atoms with Crippen LogP contribution in [0.1, 0.15) is 58.9 Å². The van der Waals surface area contributed by atoms with Crippen LogP contribution in [0.4, 0.5) is 40.2 Å². The molecule has 3 aromatic carbocycles. The summed E-state index contributed by atoms with van der Waals surface area (Å²) in [6.45, 7) is 9.35. The largest absolute Gasteiger partial charge is 0.494 e. The van der Waals surface area contributed by atoms with Crippen molar-refractivity contribution in [3.05, 3.63) is 82.5 Å². The number of para-hydroxylation sites is 2. The van der Waals surface area contributed by atoms with Gasteiger partial charge in [-0.05, 0) is 74.9 Å². The van der Waals surface area contributed by atoms with Crippen molar-refractivity contribution in [1.29, 1.82) is 0 Å². The second kappa shape index (κ2) is 19.4. The molecule has 354 valence electrons. The van der Waals surface area contributed by atoms with Crippen LogP contribution in [-0.4, -0.2) is 141 Å². The number of hydrogen-bond acceptors (Lipinski definition) is 15. The molecule has 0 bridgehead atoms. The number of rotatable bonds is 14. The number of piperazine rings is 1. The molecule has 19 nitrogen and oxygen atoms in total. The van der Waals surface area contributed by atoms with Crippen LogP contribution in [0.5, 0.6) is 5.75 Å². The number of ether oxygens (including phenoxy) is 1. The molecule has 0 saturated carbocycles. The van der Waals surface area contributed by atoms with E-state index in [9.17, 15) is 32.4 Å². The predicted molar refractivity (Wildman–Crippen MR) is 255 cm³/mol. The van der Waals surface area contributed by atoms with Gasteiger partial charge in [0.05, 0.1) is 47.8 Å². The third-order valence-electron chi connectivity index (χ3n) is 12.9. The lowest BCUT2D eigenvalue weighted by atomic mass is 9.95. The summed E-state index contributed by atoms with van der Waals surface area (Å²) in [6.07, 6.45) is 4.41. The van der Waals surface area contributed by atoms with Gasteiger partial charge >= 0.3 is 0 Å². The van der Waals surface area contributed by atoms with Crippen LogP contribution >= 0.6 is 11.6 Å². The highest BCUT2D eigenvalue weighted by Gasteiger charge is 2.46. The Morgan fingerprint density at radius 1 is 0.940 bits per heavy atom. The molecule has 21 heteroatoms. The molecular weight excluding hydrogens is 902 g/mol. The first-order chi connectivity index (χ1) is 32.0. The average Bonchev–Trinajstić information content (AvgIpc) is 3.56. The monoisotopic (exact) mass is 955 g/mol. The van der Waals surface area contributed by atoms with Crippen molar-refractivity contribution >= 4 is 91.4 Å². The van der Waals surface area contributed by atoms with Crippen LogP contribution in [0.2, 0.25) is 5.02 Å². The van der Waals surface area contributed by atoms with Crippen LogP contribution in [0.25, 0.3) is 0 Å². The number of amides is 5. The molecule has 5 amide bonds. The minimum Gasteiger partial charge on any atom is -0.494 e. The molecule has 0 radical (unpaired) electrons. The number of carbonyl (C=O) groups is 5. The Kier molecular flexibility index (Phi) is 13.6. The molecule has 5 heterocycles. The molecule has 2 atom stereocenters. The summed E-state index contributed by atoms with van der Waals surface area (Å²) < 4.78 is 31.6. The average molecular weight is 957 g/mol. The van der Waals surface area contributed by atoms with E-state index in [0.29, 0.717) is 47.5 Å². The Balaban J connectivity index is 0.826. The lowest BCUT2D eigenvalue weighted by Crippen LogP contribution is -2.54. The molecule has 8 rings (SSSR count). The van der Waals surface area contributed by atoms with Crippen molar-refractivity contribution in [3.8, 4) is 5.75 Å². The fraction of sp³-hybridized carbons (Fsp3) is 0.413. The minimum atomic E-state index is -3.53. The smallest absolute Gasteiger partial charge is 0.264 e. The number of anilines is 7. The number of aryl methyl sites for hydroxylation is 1. The fourth-order valence-corrected chi connectivity index (χ4v) is 9.81. The maximum Gasteiger partial charge on any atom is 0.264 e. The Morgan fingerprint density at radius 3 is 2.36 bits per heavy atom. The van der Waals surface area contributed by atoms with Crippen LogP contribution < -0.4 is 35.2 Å². The first-order valence-corrected chi connectivity index (χ1v) is 24.4. The van der Waals surface area contributed by atoms with Gasteiger partial charge in [0.15, 0.2) is 5.82 Å². The molecular formula is C46H54ClN11O8S. The SMILES string of the molecule is COc1cc(N2CCN(CC3CCN(C(=O)[C@H](C)Nc4cccc5c4C(=O)N(C4CCC(=O)NC4=O)C5=O)CC3)CC2)c(C)cc1Nc1ncc(Cl)c(Nc2ccccc2N(C)S(C)(=O)=O)n1. The number of nitrogens with zero attached hydrogens (tertiary/aromatic N) is 7. The number of likely N-dealkylation sites (tertiary alicyclic amines) is 1. The zero-order chi connectivity index (χ0) is 47.7. The van der Waals surface area contributed by atoms with E-state index in [1.807, 2.05) is 24.0 Å². The molecule has 1 unspecified atom stereocenters. The molecule has 4 aromatic rings. The number of hydrogen-bond donors (Lipinski definition) is 4. The normalized spacial score (nSPS) is 18.7. The van der Waals surface area contributed by atoms with E-state index in [1.165, 1.54) is 23.6 Å². The molecule has 0 spiro atoms. The van der Waals surface area contributed by atoms with Crippen molar-refractivity contribution < 1.29 is 37.1 Å². The van der Waals surface area contributed by atoms with Crippen molar-refractivity contribution in [3.63, 3.8) is 0 Å². The van der Waals surface area contributed by atoms with Gasteiger partial charge in [-0.3, -0.25) is 43.4 Å². The number of carbonyl (C=O) groups excluding carboxylic acids is 5. The molecule has 1 aromatic heterocycles. The van der Waals surface area contributed by atoms with Gasteiger partial charge in [0.2, 0.25) is 33.7 Å². The molecule has 3 saturated heterocycles. The molecule has 4 aliphatic rings. The number of piperidine rings is 2. The third-order valence-corrected chi connectivity index (χ3v) is 14.3. The van der Waals surface area contributed by atoms with Crippen LogP contribution in [0.15, 0.2) is 60.8 Å². The number of nitrogens with one attached hydrogen (secondary N) is 4. The Morgan fingerprint density at radius 2 is 1.66 bits per heavy atom. The number of sulfonamides is 1. The Labute approximate surface area is 394 Å². The lowest BCUT2D eigenvalue weighted by molar-refractivity contribution is -0.136. The maximum absolute atomic E-state index is 13.7. The maximum atomic E-state index is 13.7. The summed E-state index contributed by atoms with van der Waals surface area (Å²) in [6, 6.07) is 14.0. The lowest BCUT2D eigenvalue weighted by Gasteiger charge is -2.40. The zero-order valence-electron chi connectivity index (χ0n) is 38.0. The second-order valence-corrected chi connectivity index (χ2v) is 19.7. The zero-order valence-corrected chi connectivity index (χ0v) is 39.5. The van der Waals surface area contributed by atoms with E-state index in [-0.39, 0.29) is 46.7 Å². The van der Waals surface area contributed by atoms with E-state index >= 15 is 0 Å². The highest BCUT2D eigenvalue weighted by Crippen LogP contribution is 2.37. The first-order valence-electron chi connectivity index (χ1n) is 22.2. The minimum absolute atomic E-state index is 0.0286. The topological polar surface area (TPSA) is 219 Å². The number of halogens is 1. The van der Waals surface area contributed by atoms with E-state index in [2.05, 4.69) is 41.0 Å². The van der Waals surface area contributed by atoms with Crippen molar-refractivity contribution in [1.82, 2.24) is 30.0 Å². The molecule has 0 aliphatic carbocycles. The van der Waals surface area contributed by atoms with Gasteiger partial charge in [-0.15, -0.1) is 0 Å². The van der Waals surface area contributed by atoms with Gasteiger partial charge < -0.3 is 30.5 Å². The highest BCUT2D eigenvalue weighted by molar-refractivity contribution is 7.92. The van der Waals surface area contributed by atoms with Crippen molar-refractivity contribution in [2.45, 2.75) is 51.6 Å². The van der Waals surface area contributed by atoms with Gasteiger partial charge in [-0.2, -0.15) is 4.98 Å². The highest BCUT2D eigenvalue weighted by atomic mass is 35.5. The number of fused-ring (bicyclic) bond motifs is 1. The summed E-state index contributed by atoms with van der Waals surface area (Å²) in [7, 11) is -0.441. The molecule has 4 aliphatic heterocycles. The number of methoxy groups -OCH3 is 1. The van der Waals surface area contributed by atoms with Gasteiger partial charge in [0, 0.05) is 76.7 Å². The van der Waals surface area contributed by atoms with Crippen LogP contribution in [0, 0.1) is 12.8 Å². The molecule has 4 N–H and O–H groups in total. The fourth-order valence-electron chi connectivity index (χ4n) is 9.16. The van der Waals surface area contributed by atoms with Crippen molar-refractivity contribution in [2.24, 2.45) is 5.92 Å². The Bertz CT molecular complexity index is 2730. The van der Waals surface area contributed by atoms with E-state index in [0.717, 1.165) is 68.0 Å². The third kappa shape index (κ3) is 9.96. The number of benzene rings is 3. The number of imide groups is 2. The quantitative estimate of drug-likeness (QED) is 0.127. The van der Waals surface area contributed by atoms with Crippen LogP contribution in [-0.2, 0) is 24.4 Å². The standard InChI is InChI=1S/C46H54ClN11O8S/c1-27-23-34(51-46-48-25-31(47)41(53-46)50-32-10-6-7-12-35(32)54(3)67(5,64)65)38(66-4)24-37(27)56-21-19-55(20-22-56)26-29-15-17-57(18-16-29)43(61)28(2)49-33-11-8-9-30-40(33)45(63)58(44(30)62)36-13-14-39(59)52-42(36)60/h6-12,23-25,28-29,36,49H,13-22,26H2,1-5H3,(H,52,59,60)(H2,48,50,51,53)/t28-,36?/m0/s1. The molecule has 67 heavy (non-hydrogen) atoms. The number of aromatic nitrogens is 2.